The van der Waals surface area contributed by atoms with Gasteiger partial charge in [0.15, 0.2) is 9.84 Å². The molecule has 0 radical (unpaired) electrons. The lowest BCUT2D eigenvalue weighted by Crippen LogP contribution is -2.32. The average molecular weight is 490 g/mol. The molecule has 10 heteroatoms. The van der Waals surface area contributed by atoms with Gasteiger partial charge in [-0.3, -0.25) is 14.5 Å². The molecule has 0 saturated heterocycles. The van der Waals surface area contributed by atoms with Crippen LogP contribution in [0, 0.1) is 0 Å². The van der Waals surface area contributed by atoms with Crippen molar-refractivity contribution in [2.75, 3.05) is 25.2 Å². The topological polar surface area (TPSA) is 109 Å². The molecule has 0 unspecified atom stereocenters. The number of anilines is 1. The summed E-state index contributed by atoms with van der Waals surface area (Å²) in [6, 6.07) is 14.8. The van der Waals surface area contributed by atoms with Crippen LogP contribution in [-0.4, -0.2) is 45.0 Å². The molecule has 0 aliphatic heterocycles. The van der Waals surface area contributed by atoms with Crippen molar-refractivity contribution >= 4 is 38.9 Å². The maximum absolute atomic E-state index is 12.8. The Morgan fingerprint density at radius 2 is 1.79 bits per heavy atom. The third-order valence-corrected chi connectivity index (χ3v) is 6.26. The Balaban J connectivity index is 1.75. The third kappa shape index (κ3) is 6.92. The van der Waals surface area contributed by atoms with E-state index in [2.05, 4.69) is 10.6 Å². The molecule has 8 nitrogen and oxygen atoms in total. The predicted molar refractivity (Wildman–Crippen MR) is 126 cm³/mol. The summed E-state index contributed by atoms with van der Waals surface area (Å²) in [7, 11) is -1.88. The highest BCUT2D eigenvalue weighted by atomic mass is 35.5. The number of hydrogen-bond acceptors (Lipinski definition) is 6. The number of sulfone groups is 1. The second kappa shape index (κ2) is 10.7. The molecule has 0 aliphatic carbocycles. The largest absolute Gasteiger partial charge is 0.468 e. The molecule has 2 N–H and O–H groups in total. The minimum absolute atomic E-state index is 0.00265. The summed E-state index contributed by atoms with van der Waals surface area (Å²) in [4.78, 5) is 26.5. The van der Waals surface area contributed by atoms with Crippen LogP contribution in [0.5, 0.6) is 0 Å². The Morgan fingerprint density at radius 3 is 2.39 bits per heavy atom. The number of amides is 2. The lowest BCUT2D eigenvalue weighted by Gasteiger charge is -2.21. The van der Waals surface area contributed by atoms with Gasteiger partial charge in [-0.2, -0.15) is 0 Å². The van der Waals surface area contributed by atoms with Crippen molar-refractivity contribution in [3.8, 4) is 0 Å². The van der Waals surface area contributed by atoms with Gasteiger partial charge in [0.1, 0.15) is 5.76 Å². The highest BCUT2D eigenvalue weighted by molar-refractivity contribution is 7.90. The van der Waals surface area contributed by atoms with Crippen LogP contribution in [0.4, 0.5) is 5.69 Å². The zero-order chi connectivity index (χ0) is 24.0. The summed E-state index contributed by atoms with van der Waals surface area (Å²) in [5, 5.41) is 5.50. The molecule has 1 heterocycles. The van der Waals surface area contributed by atoms with E-state index in [1.54, 1.807) is 31.5 Å². The quantitative estimate of drug-likeness (QED) is 0.477. The highest BCUT2D eigenvalue weighted by Crippen LogP contribution is 2.25. The van der Waals surface area contributed by atoms with Gasteiger partial charge in [-0.1, -0.05) is 23.7 Å². The maximum atomic E-state index is 12.8. The van der Waals surface area contributed by atoms with Gasteiger partial charge in [-0.05, 0) is 48.0 Å². The standard InChI is InChI=1S/C23H24ClN3O5S/c1-25-23(29)17-7-5-16(6-8-17)13-27(14-18-4-3-11-32-18)15-22(28)26-21-12-19(33(2,30)31)9-10-20(21)24/h3-12H,13-15H2,1-2H3,(H,25,29)(H,26,28). The van der Waals surface area contributed by atoms with E-state index in [1.807, 2.05) is 23.1 Å². The Morgan fingerprint density at radius 1 is 1.06 bits per heavy atom. The second-order valence-corrected chi connectivity index (χ2v) is 9.89. The van der Waals surface area contributed by atoms with E-state index in [1.165, 1.54) is 18.2 Å². The normalized spacial score (nSPS) is 11.4. The molecule has 2 aromatic carbocycles. The van der Waals surface area contributed by atoms with E-state index < -0.39 is 9.84 Å². The fourth-order valence-electron chi connectivity index (χ4n) is 3.18. The number of carbonyl (C=O) groups excluding carboxylic acids is 2. The molecular formula is C23H24ClN3O5S. The van der Waals surface area contributed by atoms with E-state index in [0.717, 1.165) is 11.8 Å². The molecule has 2 amide bonds. The minimum atomic E-state index is -3.45. The fraction of sp³-hybridized carbons (Fsp3) is 0.217. The molecule has 3 rings (SSSR count). The Labute approximate surface area is 197 Å². The van der Waals surface area contributed by atoms with Gasteiger partial charge in [0.25, 0.3) is 5.91 Å². The van der Waals surface area contributed by atoms with Crippen molar-refractivity contribution < 1.29 is 22.4 Å². The summed E-state index contributed by atoms with van der Waals surface area (Å²) in [5.41, 5.74) is 1.66. The molecule has 174 valence electrons. The first kappa shape index (κ1) is 24.5. The molecule has 0 fully saturated rings. The van der Waals surface area contributed by atoms with Gasteiger partial charge in [-0.25, -0.2) is 8.42 Å². The first-order valence-electron chi connectivity index (χ1n) is 10.0. The number of carbonyl (C=O) groups is 2. The van der Waals surface area contributed by atoms with E-state index >= 15 is 0 Å². The number of halogens is 1. The molecule has 0 spiro atoms. The molecule has 0 atom stereocenters. The Hall–Kier alpha value is -3.14. The molecule has 33 heavy (non-hydrogen) atoms. The van der Waals surface area contributed by atoms with Gasteiger partial charge in [0.05, 0.1) is 35.0 Å². The molecule has 0 saturated carbocycles. The van der Waals surface area contributed by atoms with Crippen molar-refractivity contribution in [1.29, 1.82) is 0 Å². The summed E-state index contributed by atoms with van der Waals surface area (Å²) < 4.78 is 29.1. The lowest BCUT2D eigenvalue weighted by molar-refractivity contribution is -0.117. The Bertz CT molecular complexity index is 1230. The molecule has 0 bridgehead atoms. The number of rotatable bonds is 9. The number of nitrogens with zero attached hydrogens (tertiary/aromatic N) is 1. The van der Waals surface area contributed by atoms with Crippen LogP contribution >= 0.6 is 11.6 Å². The van der Waals surface area contributed by atoms with Crippen molar-refractivity contribution in [2.45, 2.75) is 18.0 Å². The van der Waals surface area contributed by atoms with E-state index in [-0.39, 0.29) is 34.0 Å². The molecule has 1 aromatic heterocycles. The second-order valence-electron chi connectivity index (χ2n) is 7.46. The molecule has 0 aliphatic rings. The molecular weight excluding hydrogens is 466 g/mol. The first-order valence-corrected chi connectivity index (χ1v) is 12.3. The highest BCUT2D eigenvalue weighted by Gasteiger charge is 2.17. The number of benzene rings is 2. The van der Waals surface area contributed by atoms with Gasteiger partial charge in [0, 0.05) is 25.4 Å². The zero-order valence-corrected chi connectivity index (χ0v) is 19.7. The SMILES string of the molecule is CNC(=O)c1ccc(CN(CC(=O)Nc2cc(S(C)(=O)=O)ccc2Cl)Cc2ccco2)cc1. The summed E-state index contributed by atoms with van der Waals surface area (Å²) in [5.74, 6) is 0.138. The fourth-order valence-corrected chi connectivity index (χ4v) is 3.99. The summed E-state index contributed by atoms with van der Waals surface area (Å²) in [6.45, 7) is 0.783. The number of hydrogen-bond donors (Lipinski definition) is 2. The molecule has 3 aromatic rings. The van der Waals surface area contributed by atoms with Crippen LogP contribution in [0.25, 0.3) is 0 Å². The van der Waals surface area contributed by atoms with E-state index in [4.69, 9.17) is 16.0 Å². The number of furan rings is 1. The van der Waals surface area contributed by atoms with Gasteiger partial charge in [-0.15, -0.1) is 0 Å². The van der Waals surface area contributed by atoms with Crippen molar-refractivity contribution in [3.05, 3.63) is 82.8 Å². The minimum Gasteiger partial charge on any atom is -0.468 e. The van der Waals surface area contributed by atoms with Crippen molar-refractivity contribution in [2.24, 2.45) is 0 Å². The van der Waals surface area contributed by atoms with Crippen LogP contribution in [0.2, 0.25) is 5.02 Å². The number of nitrogens with one attached hydrogen (secondary N) is 2. The average Bonchev–Trinajstić information content (AvgIpc) is 3.27. The smallest absolute Gasteiger partial charge is 0.251 e. The lowest BCUT2D eigenvalue weighted by atomic mass is 10.1. The van der Waals surface area contributed by atoms with Crippen LogP contribution < -0.4 is 10.6 Å². The van der Waals surface area contributed by atoms with Crippen LogP contribution in [-0.2, 0) is 27.7 Å². The van der Waals surface area contributed by atoms with Gasteiger partial charge < -0.3 is 15.1 Å². The monoisotopic (exact) mass is 489 g/mol. The zero-order valence-electron chi connectivity index (χ0n) is 18.2. The predicted octanol–water partition coefficient (Wildman–Crippen LogP) is 3.34. The Kier molecular flexibility index (Phi) is 7.91. The van der Waals surface area contributed by atoms with Crippen molar-refractivity contribution in [1.82, 2.24) is 10.2 Å². The summed E-state index contributed by atoms with van der Waals surface area (Å²) in [6.07, 6.45) is 2.64. The van der Waals surface area contributed by atoms with Crippen LogP contribution in [0.1, 0.15) is 21.7 Å². The van der Waals surface area contributed by atoms with Crippen LogP contribution in [0.15, 0.2) is 70.2 Å². The third-order valence-electron chi connectivity index (χ3n) is 4.82. The van der Waals surface area contributed by atoms with Gasteiger partial charge in [0.2, 0.25) is 5.91 Å². The van der Waals surface area contributed by atoms with E-state index in [0.29, 0.717) is 24.4 Å². The first-order chi connectivity index (χ1) is 15.7. The summed E-state index contributed by atoms with van der Waals surface area (Å²) >= 11 is 6.15. The van der Waals surface area contributed by atoms with Crippen LogP contribution in [0.3, 0.4) is 0 Å². The maximum Gasteiger partial charge on any atom is 0.251 e. The van der Waals surface area contributed by atoms with Gasteiger partial charge >= 0.3 is 0 Å². The van der Waals surface area contributed by atoms with Crippen molar-refractivity contribution in [3.63, 3.8) is 0 Å². The van der Waals surface area contributed by atoms with E-state index in [9.17, 15) is 18.0 Å².